The Bertz CT molecular complexity index is 548. The molecular weight excluding hydrogens is 292 g/mol. The molecule has 126 valence electrons. The van der Waals surface area contributed by atoms with Gasteiger partial charge in [0.15, 0.2) is 0 Å². The lowest BCUT2D eigenvalue weighted by molar-refractivity contribution is -0.123. The van der Waals surface area contributed by atoms with E-state index in [1.165, 1.54) is 12.8 Å². The largest absolute Gasteiger partial charge is 0.481 e. The van der Waals surface area contributed by atoms with Gasteiger partial charge >= 0.3 is 0 Å². The molecule has 1 aromatic heterocycles. The number of ether oxygens (including phenoxy) is 1. The highest BCUT2D eigenvalue weighted by atomic mass is 16.5. The van der Waals surface area contributed by atoms with Crippen molar-refractivity contribution in [1.29, 1.82) is 0 Å². The van der Waals surface area contributed by atoms with Crippen molar-refractivity contribution in [2.45, 2.75) is 57.6 Å². The number of aliphatic hydroxyl groups excluding tert-OH is 1. The summed E-state index contributed by atoms with van der Waals surface area (Å²) in [6, 6.07) is 3.69. The minimum absolute atomic E-state index is 0.0729. The summed E-state index contributed by atoms with van der Waals surface area (Å²) in [6.07, 6.45) is 6.99. The quantitative estimate of drug-likeness (QED) is 0.810. The van der Waals surface area contributed by atoms with Gasteiger partial charge in [0, 0.05) is 18.7 Å². The van der Waals surface area contributed by atoms with Crippen LogP contribution in [0.5, 0.6) is 5.88 Å². The Labute approximate surface area is 137 Å². The van der Waals surface area contributed by atoms with E-state index in [4.69, 9.17) is 4.74 Å². The van der Waals surface area contributed by atoms with Gasteiger partial charge in [-0.15, -0.1) is 0 Å². The highest BCUT2D eigenvalue weighted by Gasteiger charge is 2.38. The Morgan fingerprint density at radius 3 is 2.74 bits per heavy atom. The molecule has 1 atom stereocenters. The van der Waals surface area contributed by atoms with Crippen molar-refractivity contribution < 1.29 is 14.6 Å². The standard InChI is InChI=1S/C18H26N2O3/c1-18(7-8-18)6-5-15(22)20-17(13-9-14(21)10-13)12-3-4-16(23-2)19-11-12/h3-4,11,13-14,17,21H,5-10H2,1-2H3,(H,20,22)/t13?,14?,17-/m0/s1. The molecule has 1 aromatic rings. The average Bonchev–Trinajstić information content (AvgIpc) is 3.26. The second kappa shape index (κ2) is 6.48. The number of aromatic nitrogens is 1. The Balaban J connectivity index is 1.63. The number of pyridine rings is 1. The van der Waals surface area contributed by atoms with E-state index in [-0.39, 0.29) is 24.0 Å². The van der Waals surface area contributed by atoms with Crippen molar-refractivity contribution in [1.82, 2.24) is 10.3 Å². The average molecular weight is 318 g/mol. The lowest BCUT2D eigenvalue weighted by Crippen LogP contribution is -2.41. The molecule has 1 amide bonds. The van der Waals surface area contributed by atoms with Crippen molar-refractivity contribution in [3.05, 3.63) is 23.9 Å². The molecule has 0 saturated heterocycles. The highest BCUT2D eigenvalue weighted by molar-refractivity contribution is 5.76. The van der Waals surface area contributed by atoms with Gasteiger partial charge in [0.2, 0.25) is 11.8 Å². The molecule has 3 rings (SSSR count). The molecule has 0 spiro atoms. The summed E-state index contributed by atoms with van der Waals surface area (Å²) in [6.45, 7) is 2.24. The summed E-state index contributed by atoms with van der Waals surface area (Å²) in [5, 5.41) is 12.8. The van der Waals surface area contributed by atoms with Crippen molar-refractivity contribution in [2.75, 3.05) is 7.11 Å². The molecule has 0 radical (unpaired) electrons. The van der Waals surface area contributed by atoms with Crippen LogP contribution in [-0.2, 0) is 4.79 Å². The Hall–Kier alpha value is -1.62. The van der Waals surface area contributed by atoms with Crippen molar-refractivity contribution in [3.8, 4) is 5.88 Å². The minimum Gasteiger partial charge on any atom is -0.481 e. The third-order valence-corrected chi connectivity index (χ3v) is 5.32. The number of aliphatic hydroxyl groups is 1. The number of carbonyl (C=O) groups is 1. The molecule has 23 heavy (non-hydrogen) atoms. The molecule has 2 saturated carbocycles. The maximum Gasteiger partial charge on any atom is 0.220 e. The first kappa shape index (κ1) is 16.2. The topological polar surface area (TPSA) is 71.5 Å². The number of rotatable bonds is 7. The van der Waals surface area contributed by atoms with Gasteiger partial charge in [0.05, 0.1) is 19.3 Å². The van der Waals surface area contributed by atoms with Gasteiger partial charge in [-0.2, -0.15) is 0 Å². The Morgan fingerprint density at radius 1 is 1.48 bits per heavy atom. The number of hydrogen-bond acceptors (Lipinski definition) is 4. The van der Waals surface area contributed by atoms with Crippen LogP contribution >= 0.6 is 0 Å². The normalized spacial score (nSPS) is 26.0. The van der Waals surface area contributed by atoms with E-state index in [1.807, 2.05) is 12.1 Å². The van der Waals surface area contributed by atoms with Crippen LogP contribution in [0.4, 0.5) is 0 Å². The molecule has 5 nitrogen and oxygen atoms in total. The van der Waals surface area contributed by atoms with Gasteiger partial charge in [-0.25, -0.2) is 4.98 Å². The lowest BCUT2D eigenvalue weighted by atomic mass is 9.75. The number of nitrogens with one attached hydrogen (secondary N) is 1. The molecule has 0 aromatic carbocycles. The van der Waals surface area contributed by atoms with E-state index in [2.05, 4.69) is 17.2 Å². The van der Waals surface area contributed by atoms with Crippen molar-refractivity contribution in [3.63, 3.8) is 0 Å². The zero-order chi connectivity index (χ0) is 16.4. The number of nitrogens with zero attached hydrogens (tertiary/aromatic N) is 1. The van der Waals surface area contributed by atoms with Gasteiger partial charge < -0.3 is 15.2 Å². The summed E-state index contributed by atoms with van der Waals surface area (Å²) in [5.74, 6) is 0.940. The third-order valence-electron chi connectivity index (χ3n) is 5.32. The highest BCUT2D eigenvalue weighted by Crippen LogP contribution is 2.49. The zero-order valence-corrected chi connectivity index (χ0v) is 13.9. The van der Waals surface area contributed by atoms with Crippen LogP contribution in [-0.4, -0.2) is 29.2 Å². The molecule has 0 unspecified atom stereocenters. The number of methoxy groups -OCH3 is 1. The van der Waals surface area contributed by atoms with E-state index in [0.717, 1.165) is 24.8 Å². The molecule has 0 aliphatic heterocycles. The van der Waals surface area contributed by atoms with Crippen molar-refractivity contribution in [2.24, 2.45) is 11.3 Å². The predicted octanol–water partition coefficient (Wildman–Crippen LogP) is 2.60. The summed E-state index contributed by atoms with van der Waals surface area (Å²) < 4.78 is 5.09. The van der Waals surface area contributed by atoms with Crippen LogP contribution < -0.4 is 10.1 Å². The van der Waals surface area contributed by atoms with Crippen LogP contribution in [0.25, 0.3) is 0 Å². The molecule has 2 N–H and O–H groups in total. The first-order chi connectivity index (χ1) is 11.0. The van der Waals surface area contributed by atoms with Crippen LogP contribution in [0, 0.1) is 11.3 Å². The summed E-state index contributed by atoms with van der Waals surface area (Å²) in [7, 11) is 1.59. The molecule has 2 fully saturated rings. The number of hydrogen-bond donors (Lipinski definition) is 2. The molecular formula is C18H26N2O3. The van der Waals surface area contributed by atoms with Crippen LogP contribution in [0.3, 0.4) is 0 Å². The van der Waals surface area contributed by atoms with E-state index in [1.54, 1.807) is 13.3 Å². The van der Waals surface area contributed by atoms with Gasteiger partial charge in [-0.3, -0.25) is 4.79 Å². The van der Waals surface area contributed by atoms with Crippen LogP contribution in [0.2, 0.25) is 0 Å². The fourth-order valence-electron chi connectivity index (χ4n) is 3.20. The molecule has 0 bridgehead atoms. The molecule has 5 heteroatoms. The van der Waals surface area contributed by atoms with E-state index >= 15 is 0 Å². The van der Waals surface area contributed by atoms with Gasteiger partial charge in [-0.05, 0) is 49.0 Å². The number of carbonyl (C=O) groups excluding carboxylic acids is 1. The Kier molecular flexibility index (Phi) is 4.57. The summed E-state index contributed by atoms with van der Waals surface area (Å²) >= 11 is 0. The van der Waals surface area contributed by atoms with Gasteiger partial charge in [-0.1, -0.05) is 13.0 Å². The fourth-order valence-corrected chi connectivity index (χ4v) is 3.20. The van der Waals surface area contributed by atoms with E-state index < -0.39 is 0 Å². The maximum absolute atomic E-state index is 12.3. The monoisotopic (exact) mass is 318 g/mol. The number of amides is 1. The smallest absolute Gasteiger partial charge is 0.220 e. The Morgan fingerprint density at radius 2 is 2.22 bits per heavy atom. The summed E-state index contributed by atoms with van der Waals surface area (Å²) in [4.78, 5) is 16.6. The minimum atomic E-state index is -0.240. The van der Waals surface area contributed by atoms with Crippen LogP contribution in [0.1, 0.15) is 57.1 Å². The second-order valence-electron chi connectivity index (χ2n) is 7.38. The summed E-state index contributed by atoms with van der Waals surface area (Å²) in [5.41, 5.74) is 1.37. The maximum atomic E-state index is 12.3. The zero-order valence-electron chi connectivity index (χ0n) is 13.9. The molecule has 1 heterocycles. The van der Waals surface area contributed by atoms with Gasteiger partial charge in [0.1, 0.15) is 0 Å². The van der Waals surface area contributed by atoms with Gasteiger partial charge in [0.25, 0.3) is 0 Å². The molecule has 2 aliphatic rings. The van der Waals surface area contributed by atoms with E-state index in [9.17, 15) is 9.90 Å². The van der Waals surface area contributed by atoms with Crippen molar-refractivity contribution >= 4 is 5.91 Å². The first-order valence-electron chi connectivity index (χ1n) is 8.46. The predicted molar refractivity (Wildman–Crippen MR) is 87.0 cm³/mol. The molecule has 2 aliphatic carbocycles. The first-order valence-corrected chi connectivity index (χ1v) is 8.46. The van der Waals surface area contributed by atoms with E-state index in [0.29, 0.717) is 17.7 Å². The fraction of sp³-hybridized carbons (Fsp3) is 0.667. The second-order valence-corrected chi connectivity index (χ2v) is 7.38. The van der Waals surface area contributed by atoms with Crippen LogP contribution in [0.15, 0.2) is 18.3 Å². The SMILES string of the molecule is COc1ccc([C@H](NC(=O)CCC2(C)CC2)C2CC(O)C2)cn1. The lowest BCUT2D eigenvalue weighted by Gasteiger charge is -2.38. The third kappa shape index (κ3) is 4.02.